The molecular formula is C21H18N4O. The van der Waals surface area contributed by atoms with Gasteiger partial charge in [0.05, 0.1) is 11.1 Å². The van der Waals surface area contributed by atoms with E-state index in [2.05, 4.69) is 34.6 Å². The smallest absolute Gasteiger partial charge is 0.258 e. The Morgan fingerprint density at radius 3 is 2.69 bits per heavy atom. The molecule has 0 N–H and O–H groups in total. The van der Waals surface area contributed by atoms with Gasteiger partial charge in [0.15, 0.2) is 0 Å². The van der Waals surface area contributed by atoms with Gasteiger partial charge >= 0.3 is 0 Å². The van der Waals surface area contributed by atoms with Crippen LogP contribution < -0.4 is 0 Å². The molecule has 0 unspecified atom stereocenters. The molecule has 4 aromatic rings. The van der Waals surface area contributed by atoms with Crippen molar-refractivity contribution < 1.29 is 4.52 Å². The van der Waals surface area contributed by atoms with Gasteiger partial charge in [-0.15, -0.1) is 0 Å². The predicted molar refractivity (Wildman–Crippen MR) is 101 cm³/mol. The highest BCUT2D eigenvalue weighted by atomic mass is 16.5. The summed E-state index contributed by atoms with van der Waals surface area (Å²) in [7, 11) is 0. The largest absolute Gasteiger partial charge is 0.344 e. The first-order valence-electron chi connectivity index (χ1n) is 8.53. The minimum Gasteiger partial charge on any atom is -0.344 e. The van der Waals surface area contributed by atoms with E-state index in [0.717, 1.165) is 27.6 Å². The standard InChI is InChI=1S/C21H18N4O/c1-13(2)25-9-8-15-10-16(11-17(12-22)19(15)25)21-23-20(24-26-21)18-7-5-4-6-14(18)3/h4-11,13H,1-3H3. The van der Waals surface area contributed by atoms with E-state index < -0.39 is 0 Å². The van der Waals surface area contributed by atoms with E-state index in [9.17, 15) is 5.26 Å². The molecule has 4 rings (SSSR count). The summed E-state index contributed by atoms with van der Waals surface area (Å²) in [5, 5.41) is 14.7. The lowest BCUT2D eigenvalue weighted by Crippen LogP contribution is -1.99. The maximum atomic E-state index is 9.62. The quantitative estimate of drug-likeness (QED) is 0.518. The molecular weight excluding hydrogens is 324 g/mol. The summed E-state index contributed by atoms with van der Waals surface area (Å²) in [5.41, 5.74) is 4.32. The number of aryl methyl sites for hydroxylation is 1. The predicted octanol–water partition coefficient (Wildman–Crippen LogP) is 5.12. The number of aromatic nitrogens is 3. The van der Waals surface area contributed by atoms with Gasteiger partial charge in [-0.3, -0.25) is 0 Å². The summed E-state index contributed by atoms with van der Waals surface area (Å²) in [6.07, 6.45) is 2.01. The highest BCUT2D eigenvalue weighted by Crippen LogP contribution is 2.30. The van der Waals surface area contributed by atoms with Crippen LogP contribution >= 0.6 is 0 Å². The first-order chi connectivity index (χ1) is 12.6. The summed E-state index contributed by atoms with van der Waals surface area (Å²) >= 11 is 0. The minimum atomic E-state index is 0.279. The average Bonchev–Trinajstić information content (AvgIpc) is 3.28. The van der Waals surface area contributed by atoms with Crippen LogP contribution in [0.5, 0.6) is 0 Å². The van der Waals surface area contributed by atoms with Crippen LogP contribution in [0.1, 0.15) is 31.0 Å². The molecule has 5 heteroatoms. The van der Waals surface area contributed by atoms with E-state index in [0.29, 0.717) is 17.3 Å². The molecule has 0 radical (unpaired) electrons. The SMILES string of the molecule is Cc1ccccc1-c1noc(-c2cc(C#N)c3c(ccn3C(C)C)c2)n1. The van der Waals surface area contributed by atoms with Gasteiger partial charge in [0.2, 0.25) is 5.82 Å². The van der Waals surface area contributed by atoms with Gasteiger partial charge in [-0.05, 0) is 44.5 Å². The number of rotatable bonds is 3. The molecule has 26 heavy (non-hydrogen) atoms. The van der Waals surface area contributed by atoms with Gasteiger partial charge in [0.25, 0.3) is 5.89 Å². The van der Waals surface area contributed by atoms with E-state index >= 15 is 0 Å². The zero-order valence-corrected chi connectivity index (χ0v) is 14.9. The topological polar surface area (TPSA) is 67.6 Å². The van der Waals surface area contributed by atoms with Crippen LogP contribution in [0.2, 0.25) is 0 Å². The Hall–Kier alpha value is -3.39. The van der Waals surface area contributed by atoms with Crippen LogP contribution in [0, 0.1) is 18.3 Å². The van der Waals surface area contributed by atoms with Crippen molar-refractivity contribution in [1.82, 2.24) is 14.7 Å². The molecule has 0 aliphatic rings. The van der Waals surface area contributed by atoms with Crippen LogP contribution in [-0.2, 0) is 0 Å². The summed E-state index contributed by atoms with van der Waals surface area (Å²) in [4.78, 5) is 4.54. The Morgan fingerprint density at radius 2 is 1.96 bits per heavy atom. The van der Waals surface area contributed by atoms with Gasteiger partial charge in [-0.2, -0.15) is 10.2 Å². The second-order valence-electron chi connectivity index (χ2n) is 6.63. The number of nitriles is 1. The van der Waals surface area contributed by atoms with Crippen LogP contribution in [0.25, 0.3) is 33.7 Å². The number of benzene rings is 2. The van der Waals surface area contributed by atoms with E-state index in [1.54, 1.807) is 0 Å². The third-order valence-electron chi connectivity index (χ3n) is 4.55. The van der Waals surface area contributed by atoms with Crippen LogP contribution in [0.4, 0.5) is 0 Å². The lowest BCUT2D eigenvalue weighted by Gasteiger charge is -2.10. The molecule has 128 valence electrons. The molecule has 0 fully saturated rings. The van der Waals surface area contributed by atoms with E-state index in [-0.39, 0.29) is 6.04 Å². The lowest BCUT2D eigenvalue weighted by molar-refractivity contribution is 0.432. The molecule has 2 aromatic heterocycles. The first-order valence-corrected chi connectivity index (χ1v) is 8.53. The number of fused-ring (bicyclic) bond motifs is 1. The van der Waals surface area contributed by atoms with Gasteiger partial charge in [0.1, 0.15) is 6.07 Å². The van der Waals surface area contributed by atoms with Crippen molar-refractivity contribution in [3.63, 3.8) is 0 Å². The second kappa shape index (κ2) is 6.16. The maximum Gasteiger partial charge on any atom is 0.258 e. The molecule has 2 aromatic carbocycles. The fourth-order valence-corrected chi connectivity index (χ4v) is 3.22. The van der Waals surface area contributed by atoms with Crippen molar-refractivity contribution in [3.05, 3.63) is 59.8 Å². The zero-order valence-electron chi connectivity index (χ0n) is 14.9. The molecule has 0 saturated heterocycles. The fourth-order valence-electron chi connectivity index (χ4n) is 3.22. The Balaban J connectivity index is 1.84. The molecule has 0 amide bonds. The van der Waals surface area contributed by atoms with Crippen molar-refractivity contribution in [3.8, 4) is 28.9 Å². The molecule has 2 heterocycles. The lowest BCUT2D eigenvalue weighted by atomic mass is 10.1. The minimum absolute atomic E-state index is 0.279. The molecule has 5 nitrogen and oxygen atoms in total. The molecule has 0 aliphatic carbocycles. The van der Waals surface area contributed by atoms with Crippen LogP contribution in [-0.4, -0.2) is 14.7 Å². The Morgan fingerprint density at radius 1 is 1.15 bits per heavy atom. The zero-order chi connectivity index (χ0) is 18.3. The third kappa shape index (κ3) is 2.56. The fraction of sp³-hybridized carbons (Fsp3) is 0.190. The van der Waals surface area contributed by atoms with E-state index in [4.69, 9.17) is 4.52 Å². The van der Waals surface area contributed by atoms with Crippen molar-refractivity contribution in [2.24, 2.45) is 0 Å². The second-order valence-corrected chi connectivity index (χ2v) is 6.63. The van der Waals surface area contributed by atoms with Crippen molar-refractivity contribution in [2.75, 3.05) is 0 Å². The Labute approximate surface area is 151 Å². The average molecular weight is 342 g/mol. The molecule has 0 atom stereocenters. The number of nitrogens with zero attached hydrogens (tertiary/aromatic N) is 4. The number of hydrogen-bond acceptors (Lipinski definition) is 4. The summed E-state index contributed by atoms with van der Waals surface area (Å²) in [6.45, 7) is 6.21. The van der Waals surface area contributed by atoms with Gasteiger partial charge in [-0.1, -0.05) is 29.4 Å². The van der Waals surface area contributed by atoms with E-state index in [1.165, 1.54) is 0 Å². The van der Waals surface area contributed by atoms with Crippen LogP contribution in [0.15, 0.2) is 53.2 Å². The molecule has 0 aliphatic heterocycles. The van der Waals surface area contributed by atoms with Gasteiger partial charge < -0.3 is 9.09 Å². The van der Waals surface area contributed by atoms with Gasteiger partial charge in [-0.25, -0.2) is 0 Å². The Bertz CT molecular complexity index is 1140. The molecule has 0 saturated carbocycles. The summed E-state index contributed by atoms with van der Waals surface area (Å²) in [6, 6.07) is 16.3. The summed E-state index contributed by atoms with van der Waals surface area (Å²) in [5.74, 6) is 0.968. The van der Waals surface area contributed by atoms with Crippen molar-refractivity contribution in [2.45, 2.75) is 26.8 Å². The van der Waals surface area contributed by atoms with Gasteiger partial charge in [0, 0.05) is 28.8 Å². The van der Waals surface area contributed by atoms with Crippen molar-refractivity contribution in [1.29, 1.82) is 5.26 Å². The number of hydrogen-bond donors (Lipinski definition) is 0. The normalized spacial score (nSPS) is 11.2. The molecule has 0 bridgehead atoms. The Kier molecular flexibility index (Phi) is 3.81. The van der Waals surface area contributed by atoms with E-state index in [1.807, 2.05) is 55.6 Å². The highest BCUT2D eigenvalue weighted by Gasteiger charge is 2.16. The third-order valence-corrected chi connectivity index (χ3v) is 4.55. The monoisotopic (exact) mass is 342 g/mol. The highest BCUT2D eigenvalue weighted by molar-refractivity contribution is 5.89. The first kappa shape index (κ1) is 16.1. The van der Waals surface area contributed by atoms with Crippen LogP contribution in [0.3, 0.4) is 0 Å². The molecule has 0 spiro atoms. The van der Waals surface area contributed by atoms with Crippen molar-refractivity contribution >= 4 is 10.9 Å². The maximum absolute atomic E-state index is 9.62. The summed E-state index contributed by atoms with van der Waals surface area (Å²) < 4.78 is 7.59.